The van der Waals surface area contributed by atoms with Gasteiger partial charge in [0, 0.05) is 51.1 Å². The molecule has 7 nitrogen and oxygen atoms in total. The van der Waals surface area contributed by atoms with Crippen LogP contribution < -0.4 is 9.62 Å². The number of sulfonamides is 1. The third-order valence-electron chi connectivity index (χ3n) is 5.67. The predicted molar refractivity (Wildman–Crippen MR) is 115 cm³/mol. The van der Waals surface area contributed by atoms with E-state index in [1.807, 2.05) is 25.2 Å². The molecule has 2 heterocycles. The lowest BCUT2D eigenvalue weighted by atomic mass is 10.1. The fourth-order valence-electron chi connectivity index (χ4n) is 3.94. The number of benzene rings is 2. The summed E-state index contributed by atoms with van der Waals surface area (Å²) >= 11 is 0. The van der Waals surface area contributed by atoms with Gasteiger partial charge in [-0.15, -0.1) is 0 Å². The number of likely N-dealkylation sites (N-methyl/N-ethyl adjacent to an activating group) is 1. The topological polar surface area (TPSA) is 79.0 Å². The minimum Gasteiger partial charge on any atom is -0.377 e. The summed E-state index contributed by atoms with van der Waals surface area (Å²) in [5, 5.41) is 0. The lowest BCUT2D eigenvalue weighted by molar-refractivity contribution is 0.0751. The predicted octanol–water partition coefficient (Wildman–Crippen LogP) is 2.24. The first-order chi connectivity index (χ1) is 14.4. The first-order valence-corrected chi connectivity index (χ1v) is 11.7. The van der Waals surface area contributed by atoms with Crippen molar-refractivity contribution in [2.75, 3.05) is 38.2 Å². The van der Waals surface area contributed by atoms with Crippen LogP contribution in [0.25, 0.3) is 0 Å². The van der Waals surface area contributed by atoms with E-state index in [1.54, 1.807) is 17.0 Å². The van der Waals surface area contributed by atoms with E-state index in [9.17, 15) is 13.2 Å². The van der Waals surface area contributed by atoms with Crippen LogP contribution in [-0.4, -0.2) is 58.6 Å². The van der Waals surface area contributed by atoms with Crippen molar-refractivity contribution in [3.63, 3.8) is 0 Å². The highest BCUT2D eigenvalue weighted by Gasteiger charge is 2.24. The van der Waals surface area contributed by atoms with Crippen molar-refractivity contribution in [2.24, 2.45) is 0 Å². The van der Waals surface area contributed by atoms with E-state index in [0.29, 0.717) is 31.8 Å². The molecule has 2 aromatic rings. The zero-order chi connectivity index (χ0) is 21.1. The standard InChI is InChI=1S/C22H27N3O4S/c1-24-11-12-25(16-18-6-2-3-10-21(18)24)22(26)17-7-4-9-20(14-17)30(27,28)23-15-19-8-5-13-29-19/h2-4,6-7,9-10,14,19,23H,5,8,11-13,15-16H2,1H3. The quantitative estimate of drug-likeness (QED) is 0.789. The number of amides is 1. The van der Waals surface area contributed by atoms with Gasteiger partial charge in [0.25, 0.3) is 5.91 Å². The minimum absolute atomic E-state index is 0.0845. The average molecular weight is 430 g/mol. The molecule has 2 aliphatic rings. The van der Waals surface area contributed by atoms with E-state index in [1.165, 1.54) is 12.1 Å². The number of nitrogens with zero attached hydrogens (tertiary/aromatic N) is 2. The second-order valence-electron chi connectivity index (χ2n) is 7.79. The molecule has 1 N–H and O–H groups in total. The van der Waals surface area contributed by atoms with Gasteiger partial charge in [-0.05, 0) is 42.7 Å². The highest BCUT2D eigenvalue weighted by Crippen LogP contribution is 2.25. The van der Waals surface area contributed by atoms with Crippen molar-refractivity contribution in [2.45, 2.75) is 30.4 Å². The van der Waals surface area contributed by atoms with Gasteiger partial charge < -0.3 is 14.5 Å². The van der Waals surface area contributed by atoms with Crippen molar-refractivity contribution in [1.82, 2.24) is 9.62 Å². The zero-order valence-electron chi connectivity index (χ0n) is 17.1. The number of hydrogen-bond donors (Lipinski definition) is 1. The fraction of sp³-hybridized carbons (Fsp3) is 0.409. The Hall–Kier alpha value is -2.42. The van der Waals surface area contributed by atoms with Gasteiger partial charge in [-0.3, -0.25) is 4.79 Å². The van der Waals surface area contributed by atoms with Gasteiger partial charge in [-0.1, -0.05) is 24.3 Å². The largest absolute Gasteiger partial charge is 0.377 e. The first kappa shape index (κ1) is 20.8. The fourth-order valence-corrected chi connectivity index (χ4v) is 5.05. The van der Waals surface area contributed by atoms with E-state index in [4.69, 9.17) is 4.74 Å². The van der Waals surface area contributed by atoms with Crippen LogP contribution >= 0.6 is 0 Å². The molecule has 0 aromatic heterocycles. The van der Waals surface area contributed by atoms with Crippen LogP contribution in [0.5, 0.6) is 0 Å². The van der Waals surface area contributed by atoms with Crippen molar-refractivity contribution in [1.29, 1.82) is 0 Å². The van der Waals surface area contributed by atoms with Crippen LogP contribution in [0.15, 0.2) is 53.4 Å². The zero-order valence-corrected chi connectivity index (χ0v) is 17.9. The van der Waals surface area contributed by atoms with E-state index in [0.717, 1.165) is 24.1 Å². The third-order valence-corrected chi connectivity index (χ3v) is 7.09. The van der Waals surface area contributed by atoms with Crippen molar-refractivity contribution in [3.05, 3.63) is 59.7 Å². The van der Waals surface area contributed by atoms with Crippen LogP contribution in [0.3, 0.4) is 0 Å². The van der Waals surface area contributed by atoms with E-state index in [-0.39, 0.29) is 23.5 Å². The molecule has 8 heteroatoms. The Labute approximate surface area is 177 Å². The van der Waals surface area contributed by atoms with E-state index >= 15 is 0 Å². The molecule has 160 valence electrons. The highest BCUT2D eigenvalue weighted by atomic mass is 32.2. The molecule has 1 amide bonds. The van der Waals surface area contributed by atoms with Gasteiger partial charge in [-0.2, -0.15) is 0 Å². The number of anilines is 1. The Morgan fingerprint density at radius 1 is 1.17 bits per heavy atom. The summed E-state index contributed by atoms with van der Waals surface area (Å²) in [5.41, 5.74) is 2.56. The lowest BCUT2D eigenvalue weighted by Gasteiger charge is -2.21. The first-order valence-electron chi connectivity index (χ1n) is 10.2. The molecule has 30 heavy (non-hydrogen) atoms. The maximum absolute atomic E-state index is 13.2. The molecular formula is C22H27N3O4S. The smallest absolute Gasteiger partial charge is 0.254 e. The summed E-state index contributed by atoms with van der Waals surface area (Å²) in [6.45, 7) is 2.69. The molecule has 0 radical (unpaired) electrons. The summed E-state index contributed by atoms with van der Waals surface area (Å²) in [4.78, 5) is 17.2. The minimum atomic E-state index is -3.71. The Balaban J connectivity index is 1.51. The van der Waals surface area contributed by atoms with Gasteiger partial charge in [-0.25, -0.2) is 13.1 Å². The number of para-hydroxylation sites is 1. The van der Waals surface area contributed by atoms with E-state index < -0.39 is 10.0 Å². The van der Waals surface area contributed by atoms with Crippen LogP contribution in [-0.2, 0) is 21.3 Å². The van der Waals surface area contributed by atoms with Gasteiger partial charge in [0.15, 0.2) is 0 Å². The van der Waals surface area contributed by atoms with Crippen molar-refractivity contribution >= 4 is 21.6 Å². The molecule has 4 rings (SSSR count). The number of fused-ring (bicyclic) bond motifs is 1. The Morgan fingerprint density at radius 2 is 2.00 bits per heavy atom. The third kappa shape index (κ3) is 4.50. The Bertz CT molecular complexity index is 1020. The second-order valence-corrected chi connectivity index (χ2v) is 9.56. The highest BCUT2D eigenvalue weighted by molar-refractivity contribution is 7.89. The summed E-state index contributed by atoms with van der Waals surface area (Å²) < 4.78 is 33.5. The number of rotatable bonds is 5. The summed E-state index contributed by atoms with van der Waals surface area (Å²) in [6.07, 6.45) is 1.72. The van der Waals surface area contributed by atoms with Crippen LogP contribution in [0.4, 0.5) is 5.69 Å². The number of hydrogen-bond acceptors (Lipinski definition) is 5. The molecule has 0 bridgehead atoms. The summed E-state index contributed by atoms with van der Waals surface area (Å²) in [7, 11) is -1.69. The number of ether oxygens (including phenoxy) is 1. The van der Waals surface area contributed by atoms with Gasteiger partial charge in [0.2, 0.25) is 10.0 Å². The number of carbonyl (C=O) groups is 1. The Morgan fingerprint density at radius 3 is 2.80 bits per heavy atom. The molecule has 0 spiro atoms. The second kappa shape index (κ2) is 8.75. The Kier molecular flexibility index (Phi) is 6.08. The number of nitrogens with one attached hydrogen (secondary N) is 1. The molecule has 1 atom stereocenters. The summed E-state index contributed by atoms with van der Waals surface area (Å²) in [6, 6.07) is 14.3. The van der Waals surface area contributed by atoms with Gasteiger partial charge in [0.05, 0.1) is 11.0 Å². The van der Waals surface area contributed by atoms with Crippen LogP contribution in [0.1, 0.15) is 28.8 Å². The van der Waals surface area contributed by atoms with Crippen LogP contribution in [0.2, 0.25) is 0 Å². The lowest BCUT2D eigenvalue weighted by Crippen LogP contribution is -2.34. The van der Waals surface area contributed by atoms with Crippen LogP contribution in [0, 0.1) is 0 Å². The molecule has 0 saturated carbocycles. The molecule has 2 aromatic carbocycles. The molecular weight excluding hydrogens is 402 g/mol. The van der Waals surface area contributed by atoms with Gasteiger partial charge >= 0.3 is 0 Å². The summed E-state index contributed by atoms with van der Waals surface area (Å²) in [5.74, 6) is -0.170. The maximum atomic E-state index is 13.2. The normalized spacial score (nSPS) is 19.4. The van der Waals surface area contributed by atoms with Crippen molar-refractivity contribution in [3.8, 4) is 0 Å². The average Bonchev–Trinajstić information content (AvgIpc) is 3.23. The molecule has 1 saturated heterocycles. The SMILES string of the molecule is CN1CCN(C(=O)c2cccc(S(=O)(=O)NCC3CCCO3)c2)Cc2ccccc21. The molecule has 2 aliphatic heterocycles. The molecule has 0 aliphatic carbocycles. The molecule has 1 fully saturated rings. The van der Waals surface area contributed by atoms with E-state index in [2.05, 4.69) is 15.7 Å². The monoisotopic (exact) mass is 429 g/mol. The van der Waals surface area contributed by atoms with Crippen molar-refractivity contribution < 1.29 is 17.9 Å². The number of carbonyl (C=O) groups excluding carboxylic acids is 1. The molecule has 1 unspecified atom stereocenters. The van der Waals surface area contributed by atoms with Gasteiger partial charge in [0.1, 0.15) is 0 Å². The maximum Gasteiger partial charge on any atom is 0.254 e.